The predicted molar refractivity (Wildman–Crippen MR) is 84.7 cm³/mol. The molecule has 1 amide bonds. The highest BCUT2D eigenvalue weighted by molar-refractivity contribution is 5.96. The smallest absolute Gasteiger partial charge is 0.255 e. The number of ether oxygens (including phenoxy) is 1. The average molecular weight is 283 g/mol. The standard InChI is InChI=1S/C18H21NO2/c1-2-14-21-17-11-7-6-10-16(17)18(20)19-13-12-15-8-4-3-5-9-15/h3-11H,2,12-14H2,1H3,(H,19,20). The lowest BCUT2D eigenvalue weighted by Gasteiger charge is -2.11. The number of rotatable bonds is 7. The van der Waals surface area contributed by atoms with Gasteiger partial charge in [-0.05, 0) is 30.5 Å². The van der Waals surface area contributed by atoms with E-state index in [1.165, 1.54) is 5.56 Å². The van der Waals surface area contributed by atoms with Crippen molar-refractivity contribution in [1.82, 2.24) is 5.32 Å². The SMILES string of the molecule is CCCOc1ccccc1C(=O)NCCc1ccccc1. The summed E-state index contributed by atoms with van der Waals surface area (Å²) in [7, 11) is 0. The molecule has 0 saturated carbocycles. The largest absolute Gasteiger partial charge is 0.493 e. The third kappa shape index (κ3) is 4.63. The Morgan fingerprint density at radius 3 is 2.52 bits per heavy atom. The van der Waals surface area contributed by atoms with E-state index in [-0.39, 0.29) is 5.91 Å². The molecule has 2 aromatic carbocycles. The monoisotopic (exact) mass is 283 g/mol. The summed E-state index contributed by atoms with van der Waals surface area (Å²) in [4.78, 5) is 12.2. The number of hydrogen-bond acceptors (Lipinski definition) is 2. The van der Waals surface area contributed by atoms with Gasteiger partial charge in [-0.1, -0.05) is 49.4 Å². The first-order valence-corrected chi connectivity index (χ1v) is 7.35. The van der Waals surface area contributed by atoms with Gasteiger partial charge in [0, 0.05) is 6.54 Å². The molecule has 0 bridgehead atoms. The highest BCUT2D eigenvalue weighted by atomic mass is 16.5. The Bertz CT molecular complexity index is 566. The molecule has 3 nitrogen and oxygen atoms in total. The van der Waals surface area contributed by atoms with Gasteiger partial charge < -0.3 is 10.1 Å². The maximum atomic E-state index is 12.2. The predicted octanol–water partition coefficient (Wildman–Crippen LogP) is 3.45. The maximum absolute atomic E-state index is 12.2. The number of nitrogens with one attached hydrogen (secondary N) is 1. The van der Waals surface area contributed by atoms with Crippen LogP contribution >= 0.6 is 0 Å². The zero-order valence-corrected chi connectivity index (χ0v) is 12.3. The van der Waals surface area contributed by atoms with Gasteiger partial charge in [0.05, 0.1) is 12.2 Å². The second-order valence-corrected chi connectivity index (χ2v) is 4.84. The second-order valence-electron chi connectivity index (χ2n) is 4.84. The van der Waals surface area contributed by atoms with Gasteiger partial charge in [-0.25, -0.2) is 0 Å². The Balaban J connectivity index is 1.91. The van der Waals surface area contributed by atoms with Crippen LogP contribution in [0.3, 0.4) is 0 Å². The molecule has 0 aromatic heterocycles. The van der Waals surface area contributed by atoms with Crippen LogP contribution in [0, 0.1) is 0 Å². The first-order valence-electron chi connectivity index (χ1n) is 7.35. The molecular weight excluding hydrogens is 262 g/mol. The van der Waals surface area contributed by atoms with Crippen molar-refractivity contribution >= 4 is 5.91 Å². The molecule has 0 saturated heterocycles. The van der Waals surface area contributed by atoms with E-state index in [0.717, 1.165) is 12.8 Å². The van der Waals surface area contributed by atoms with Crippen LogP contribution in [0.5, 0.6) is 5.75 Å². The van der Waals surface area contributed by atoms with Crippen LogP contribution in [-0.2, 0) is 6.42 Å². The van der Waals surface area contributed by atoms with Gasteiger partial charge in [0.25, 0.3) is 5.91 Å². The van der Waals surface area contributed by atoms with Crippen LogP contribution in [0.15, 0.2) is 54.6 Å². The van der Waals surface area contributed by atoms with E-state index in [1.54, 1.807) is 6.07 Å². The molecule has 1 N–H and O–H groups in total. The summed E-state index contributed by atoms with van der Waals surface area (Å²) < 4.78 is 5.61. The lowest BCUT2D eigenvalue weighted by atomic mass is 10.1. The van der Waals surface area contributed by atoms with Gasteiger partial charge in [0.15, 0.2) is 0 Å². The minimum Gasteiger partial charge on any atom is -0.493 e. The molecule has 21 heavy (non-hydrogen) atoms. The lowest BCUT2D eigenvalue weighted by molar-refractivity contribution is 0.0950. The van der Waals surface area contributed by atoms with Crippen LogP contribution in [0.2, 0.25) is 0 Å². The van der Waals surface area contributed by atoms with Gasteiger partial charge in [-0.15, -0.1) is 0 Å². The fourth-order valence-corrected chi connectivity index (χ4v) is 2.05. The molecular formula is C18H21NO2. The molecule has 0 aliphatic rings. The van der Waals surface area contributed by atoms with Crippen molar-refractivity contribution in [2.45, 2.75) is 19.8 Å². The van der Waals surface area contributed by atoms with E-state index in [9.17, 15) is 4.79 Å². The molecule has 0 atom stereocenters. The molecule has 0 unspecified atom stereocenters. The number of benzene rings is 2. The molecule has 0 aliphatic carbocycles. The summed E-state index contributed by atoms with van der Waals surface area (Å²) in [5.74, 6) is 0.564. The number of amides is 1. The summed E-state index contributed by atoms with van der Waals surface area (Å²) in [5, 5.41) is 2.95. The van der Waals surface area contributed by atoms with Gasteiger partial charge in [-0.3, -0.25) is 4.79 Å². The van der Waals surface area contributed by atoms with E-state index in [0.29, 0.717) is 24.5 Å². The molecule has 0 spiro atoms. The molecule has 0 fully saturated rings. The molecule has 2 aromatic rings. The van der Waals surface area contributed by atoms with E-state index in [2.05, 4.69) is 17.4 Å². The summed E-state index contributed by atoms with van der Waals surface area (Å²) in [6.45, 7) is 3.28. The van der Waals surface area contributed by atoms with Crippen molar-refractivity contribution in [3.8, 4) is 5.75 Å². The highest BCUT2D eigenvalue weighted by Crippen LogP contribution is 2.17. The molecule has 0 heterocycles. The summed E-state index contributed by atoms with van der Waals surface area (Å²) in [6.07, 6.45) is 1.74. The third-order valence-electron chi connectivity index (χ3n) is 3.14. The van der Waals surface area contributed by atoms with Crippen LogP contribution in [-0.4, -0.2) is 19.1 Å². The Morgan fingerprint density at radius 1 is 1.05 bits per heavy atom. The number of hydrogen-bond donors (Lipinski definition) is 1. The Labute approximate surface area is 126 Å². The van der Waals surface area contributed by atoms with Crippen LogP contribution in [0.25, 0.3) is 0 Å². The Morgan fingerprint density at radius 2 is 1.76 bits per heavy atom. The van der Waals surface area contributed by atoms with Gasteiger partial charge >= 0.3 is 0 Å². The maximum Gasteiger partial charge on any atom is 0.255 e. The van der Waals surface area contributed by atoms with Crippen LogP contribution < -0.4 is 10.1 Å². The van der Waals surface area contributed by atoms with Crippen molar-refractivity contribution < 1.29 is 9.53 Å². The molecule has 0 aliphatic heterocycles. The third-order valence-corrected chi connectivity index (χ3v) is 3.14. The molecule has 0 radical (unpaired) electrons. The van der Waals surface area contributed by atoms with Crippen molar-refractivity contribution in [2.75, 3.05) is 13.2 Å². The normalized spacial score (nSPS) is 10.1. The average Bonchev–Trinajstić information content (AvgIpc) is 2.54. The quantitative estimate of drug-likeness (QED) is 0.845. The van der Waals surface area contributed by atoms with E-state index >= 15 is 0 Å². The zero-order valence-electron chi connectivity index (χ0n) is 12.3. The Kier molecular flexibility index (Phi) is 5.83. The topological polar surface area (TPSA) is 38.3 Å². The summed E-state index contributed by atoms with van der Waals surface area (Å²) >= 11 is 0. The van der Waals surface area contributed by atoms with Gasteiger partial charge in [0.2, 0.25) is 0 Å². The minimum atomic E-state index is -0.0855. The number of carbonyl (C=O) groups is 1. The van der Waals surface area contributed by atoms with Crippen LogP contribution in [0.1, 0.15) is 29.3 Å². The summed E-state index contributed by atoms with van der Waals surface area (Å²) in [5.41, 5.74) is 1.81. The minimum absolute atomic E-state index is 0.0855. The first-order chi connectivity index (χ1) is 10.3. The van der Waals surface area contributed by atoms with E-state index in [4.69, 9.17) is 4.74 Å². The van der Waals surface area contributed by atoms with E-state index in [1.807, 2.05) is 43.3 Å². The fraction of sp³-hybridized carbons (Fsp3) is 0.278. The summed E-state index contributed by atoms with van der Waals surface area (Å²) in [6, 6.07) is 17.5. The number of carbonyl (C=O) groups excluding carboxylic acids is 1. The lowest BCUT2D eigenvalue weighted by Crippen LogP contribution is -2.26. The van der Waals surface area contributed by atoms with Crippen LogP contribution in [0.4, 0.5) is 0 Å². The second kappa shape index (κ2) is 8.10. The van der Waals surface area contributed by atoms with Crippen molar-refractivity contribution in [3.05, 3.63) is 65.7 Å². The van der Waals surface area contributed by atoms with Gasteiger partial charge in [-0.2, -0.15) is 0 Å². The van der Waals surface area contributed by atoms with E-state index < -0.39 is 0 Å². The fourth-order valence-electron chi connectivity index (χ4n) is 2.05. The molecule has 3 heteroatoms. The van der Waals surface area contributed by atoms with Gasteiger partial charge in [0.1, 0.15) is 5.75 Å². The number of para-hydroxylation sites is 1. The first kappa shape index (κ1) is 15.1. The zero-order chi connectivity index (χ0) is 14.9. The van der Waals surface area contributed by atoms with Crippen molar-refractivity contribution in [3.63, 3.8) is 0 Å². The highest BCUT2D eigenvalue weighted by Gasteiger charge is 2.11. The Hall–Kier alpha value is -2.29. The van der Waals surface area contributed by atoms with Crippen molar-refractivity contribution in [2.24, 2.45) is 0 Å². The van der Waals surface area contributed by atoms with Crippen molar-refractivity contribution in [1.29, 1.82) is 0 Å². The molecule has 2 rings (SSSR count). The molecule has 110 valence electrons.